The first-order chi connectivity index (χ1) is 12.1. The summed E-state index contributed by atoms with van der Waals surface area (Å²) in [7, 11) is 0. The number of ether oxygens (including phenoxy) is 1. The van der Waals surface area contributed by atoms with Crippen molar-refractivity contribution in [2.75, 3.05) is 12.4 Å². The summed E-state index contributed by atoms with van der Waals surface area (Å²) in [6.07, 6.45) is 0.291. The van der Waals surface area contributed by atoms with Crippen LogP contribution >= 0.6 is 23.1 Å². The van der Waals surface area contributed by atoms with Crippen molar-refractivity contribution in [1.29, 1.82) is 0 Å². The molecule has 0 spiro atoms. The average molecular weight is 374 g/mol. The normalized spacial score (nSPS) is 11.0. The minimum Gasteiger partial charge on any atom is -0.466 e. The predicted octanol–water partition coefficient (Wildman–Crippen LogP) is 4.01. The van der Waals surface area contributed by atoms with Gasteiger partial charge in [-0.2, -0.15) is 0 Å². The van der Waals surface area contributed by atoms with Gasteiger partial charge in [0.25, 0.3) is 5.56 Å². The number of rotatable bonds is 6. The van der Waals surface area contributed by atoms with E-state index in [2.05, 4.69) is 9.97 Å². The number of thiophene rings is 1. The fourth-order valence-electron chi connectivity index (χ4n) is 2.58. The van der Waals surface area contributed by atoms with Gasteiger partial charge >= 0.3 is 5.97 Å². The van der Waals surface area contributed by atoms with Gasteiger partial charge in [-0.3, -0.25) is 9.59 Å². The number of aromatic nitrogens is 2. The molecule has 0 aliphatic rings. The average Bonchev–Trinajstić information content (AvgIpc) is 2.92. The number of thioether (sulfide) groups is 1. The number of benzene rings is 1. The summed E-state index contributed by atoms with van der Waals surface area (Å²) in [5, 5.41) is 1.16. The van der Waals surface area contributed by atoms with Crippen LogP contribution in [0.4, 0.5) is 0 Å². The van der Waals surface area contributed by atoms with Crippen LogP contribution in [0, 0.1) is 6.92 Å². The zero-order valence-electron chi connectivity index (χ0n) is 14.0. The second kappa shape index (κ2) is 7.84. The van der Waals surface area contributed by atoms with Gasteiger partial charge in [0.2, 0.25) is 0 Å². The topological polar surface area (TPSA) is 72.0 Å². The number of hydrogen-bond acceptors (Lipinski definition) is 6. The van der Waals surface area contributed by atoms with E-state index in [-0.39, 0.29) is 11.5 Å². The molecule has 130 valence electrons. The van der Waals surface area contributed by atoms with Crippen molar-refractivity contribution in [3.8, 4) is 11.1 Å². The van der Waals surface area contributed by atoms with Gasteiger partial charge in [0.05, 0.1) is 18.4 Å². The van der Waals surface area contributed by atoms with Crippen molar-refractivity contribution < 1.29 is 9.53 Å². The van der Waals surface area contributed by atoms with E-state index in [1.807, 2.05) is 37.3 Å². The van der Waals surface area contributed by atoms with E-state index in [9.17, 15) is 9.59 Å². The van der Waals surface area contributed by atoms with Gasteiger partial charge < -0.3 is 9.72 Å². The highest BCUT2D eigenvalue weighted by Gasteiger charge is 2.16. The van der Waals surface area contributed by atoms with Crippen LogP contribution in [-0.4, -0.2) is 28.3 Å². The van der Waals surface area contributed by atoms with Gasteiger partial charge in [-0.1, -0.05) is 42.1 Å². The molecule has 0 aliphatic heterocycles. The fourth-order valence-corrected chi connectivity index (χ4v) is 4.47. The zero-order valence-corrected chi connectivity index (χ0v) is 15.6. The third-order valence-corrected chi connectivity index (χ3v) is 5.50. The second-order valence-electron chi connectivity index (χ2n) is 5.35. The molecule has 3 aromatic rings. The first kappa shape index (κ1) is 17.7. The minimum absolute atomic E-state index is 0.146. The van der Waals surface area contributed by atoms with Crippen molar-refractivity contribution >= 4 is 39.3 Å². The molecule has 0 amide bonds. The molecule has 0 radical (unpaired) electrons. The molecule has 7 heteroatoms. The molecule has 0 unspecified atom stereocenters. The quantitative estimate of drug-likeness (QED) is 0.401. The summed E-state index contributed by atoms with van der Waals surface area (Å²) in [4.78, 5) is 33.2. The Morgan fingerprint density at radius 3 is 2.80 bits per heavy atom. The highest BCUT2D eigenvalue weighted by Crippen LogP contribution is 2.35. The number of nitrogens with one attached hydrogen (secondary N) is 1. The van der Waals surface area contributed by atoms with Crippen LogP contribution < -0.4 is 5.56 Å². The molecule has 0 aliphatic carbocycles. The maximum Gasteiger partial charge on any atom is 0.306 e. The van der Waals surface area contributed by atoms with Crippen LogP contribution in [0.5, 0.6) is 0 Å². The van der Waals surface area contributed by atoms with E-state index in [1.54, 1.807) is 6.92 Å². The van der Waals surface area contributed by atoms with E-state index >= 15 is 0 Å². The Hall–Kier alpha value is -2.12. The van der Waals surface area contributed by atoms with E-state index in [4.69, 9.17) is 4.74 Å². The Kier molecular flexibility index (Phi) is 5.55. The minimum atomic E-state index is -0.239. The maximum absolute atomic E-state index is 12.6. The molecule has 1 N–H and O–H groups in total. The molecule has 1 aromatic carbocycles. The van der Waals surface area contributed by atoms with Crippen molar-refractivity contribution in [3.05, 3.63) is 45.6 Å². The number of hydrogen-bond donors (Lipinski definition) is 1. The number of esters is 1. The largest absolute Gasteiger partial charge is 0.466 e. The summed E-state index contributed by atoms with van der Waals surface area (Å²) in [5.74, 6) is 0.278. The lowest BCUT2D eigenvalue weighted by Crippen LogP contribution is -2.09. The number of carbonyl (C=O) groups is 1. The van der Waals surface area contributed by atoms with Gasteiger partial charge in [-0.15, -0.1) is 11.3 Å². The van der Waals surface area contributed by atoms with Crippen LogP contribution in [0.1, 0.15) is 18.2 Å². The third kappa shape index (κ3) is 3.93. The highest BCUT2D eigenvalue weighted by molar-refractivity contribution is 7.99. The van der Waals surface area contributed by atoms with Gasteiger partial charge in [-0.05, 0) is 19.4 Å². The molecule has 0 saturated carbocycles. The molecule has 2 aromatic heterocycles. The molecule has 25 heavy (non-hydrogen) atoms. The standard InChI is InChI=1S/C18H18N2O3S2/c1-3-23-13(21)9-10-24-18-19-16(22)15-14(11(2)25-17(15)20-18)12-7-5-4-6-8-12/h4-8H,3,9-10H2,1-2H3,(H,19,20,22). The number of carbonyl (C=O) groups excluding carboxylic acids is 1. The molecule has 0 bridgehead atoms. The lowest BCUT2D eigenvalue weighted by molar-refractivity contribution is -0.142. The molecular weight excluding hydrogens is 356 g/mol. The molecule has 2 heterocycles. The number of aryl methyl sites for hydroxylation is 1. The van der Waals surface area contributed by atoms with E-state index in [0.29, 0.717) is 29.3 Å². The van der Waals surface area contributed by atoms with Gasteiger partial charge in [0.1, 0.15) is 4.83 Å². The van der Waals surface area contributed by atoms with Crippen molar-refractivity contribution in [1.82, 2.24) is 9.97 Å². The Balaban J connectivity index is 1.89. The van der Waals surface area contributed by atoms with E-state index in [0.717, 1.165) is 20.8 Å². The molecule has 5 nitrogen and oxygen atoms in total. The van der Waals surface area contributed by atoms with E-state index in [1.165, 1.54) is 23.1 Å². The van der Waals surface area contributed by atoms with Crippen LogP contribution in [0.25, 0.3) is 21.3 Å². The number of nitrogens with zero attached hydrogens (tertiary/aromatic N) is 1. The van der Waals surface area contributed by atoms with Crippen molar-refractivity contribution in [2.45, 2.75) is 25.4 Å². The molecular formula is C18H18N2O3S2. The highest BCUT2D eigenvalue weighted by atomic mass is 32.2. The van der Waals surface area contributed by atoms with Crippen LogP contribution in [0.2, 0.25) is 0 Å². The summed E-state index contributed by atoms with van der Waals surface area (Å²) >= 11 is 2.87. The SMILES string of the molecule is CCOC(=O)CCSc1nc2sc(C)c(-c3ccccc3)c2c(=O)[nH]1. The van der Waals surface area contributed by atoms with Gasteiger partial charge in [-0.25, -0.2) is 4.98 Å². The molecule has 3 rings (SSSR count). The summed E-state index contributed by atoms with van der Waals surface area (Å²) < 4.78 is 4.90. The summed E-state index contributed by atoms with van der Waals surface area (Å²) in [6, 6.07) is 9.86. The molecule has 0 fully saturated rings. The van der Waals surface area contributed by atoms with Gasteiger partial charge in [0, 0.05) is 16.2 Å². The third-order valence-electron chi connectivity index (χ3n) is 3.63. The Morgan fingerprint density at radius 1 is 1.32 bits per heavy atom. The molecule has 0 saturated heterocycles. The smallest absolute Gasteiger partial charge is 0.306 e. The number of aromatic amines is 1. The lowest BCUT2D eigenvalue weighted by Gasteiger charge is -2.03. The second-order valence-corrected chi connectivity index (χ2v) is 7.64. The summed E-state index contributed by atoms with van der Waals surface area (Å²) in [5.41, 5.74) is 1.81. The maximum atomic E-state index is 12.6. The Bertz CT molecular complexity index is 948. The monoisotopic (exact) mass is 374 g/mol. The number of fused-ring (bicyclic) bond motifs is 1. The van der Waals surface area contributed by atoms with Gasteiger partial charge in [0.15, 0.2) is 5.16 Å². The summed E-state index contributed by atoms with van der Waals surface area (Å²) in [6.45, 7) is 4.16. The predicted molar refractivity (Wildman–Crippen MR) is 102 cm³/mol. The molecule has 0 atom stereocenters. The lowest BCUT2D eigenvalue weighted by atomic mass is 10.0. The first-order valence-corrected chi connectivity index (χ1v) is 9.77. The van der Waals surface area contributed by atoms with Crippen LogP contribution in [0.15, 0.2) is 40.3 Å². The van der Waals surface area contributed by atoms with Crippen LogP contribution in [-0.2, 0) is 9.53 Å². The first-order valence-electron chi connectivity index (χ1n) is 7.97. The zero-order chi connectivity index (χ0) is 17.8. The number of H-pyrrole nitrogens is 1. The van der Waals surface area contributed by atoms with E-state index < -0.39 is 0 Å². The fraction of sp³-hybridized carbons (Fsp3) is 0.278. The Morgan fingerprint density at radius 2 is 2.08 bits per heavy atom. The van der Waals surface area contributed by atoms with Crippen molar-refractivity contribution in [2.24, 2.45) is 0 Å². The Labute approximate surface area is 153 Å². The van der Waals surface area contributed by atoms with Crippen molar-refractivity contribution in [3.63, 3.8) is 0 Å². The van der Waals surface area contributed by atoms with Crippen LogP contribution in [0.3, 0.4) is 0 Å².